The van der Waals surface area contributed by atoms with Crippen molar-refractivity contribution in [2.75, 3.05) is 0 Å². The van der Waals surface area contributed by atoms with Gasteiger partial charge in [0.15, 0.2) is 5.82 Å². The van der Waals surface area contributed by atoms with Crippen LogP contribution >= 0.6 is 0 Å². The van der Waals surface area contributed by atoms with Gasteiger partial charge in [-0.1, -0.05) is 81.8 Å². The molecule has 3 rings (SSSR count). The Bertz CT molecular complexity index is 1000. The number of carbonyl (C=O) groups is 2. The number of aliphatic carboxylic acids is 1. The standard InChI is InChI=1S/C24H29N5O3/c1-4-5-11-20(30)29(21(16(2)3)24(31)32)22(23-25-27-28-26-23)19-14-12-18(13-15-19)17-9-7-6-8-10-17/h6-10,12-16,21-22H,4-5,11H2,1-3H3,(H,31,32)(H,25,26,27,28)/t21-,22?/m0/s1. The molecule has 8 nitrogen and oxygen atoms in total. The van der Waals surface area contributed by atoms with E-state index in [1.165, 1.54) is 4.90 Å². The van der Waals surface area contributed by atoms with Crippen LogP contribution in [-0.2, 0) is 9.59 Å². The lowest BCUT2D eigenvalue weighted by Crippen LogP contribution is -2.50. The zero-order valence-corrected chi connectivity index (χ0v) is 18.6. The number of amides is 1. The first-order valence-corrected chi connectivity index (χ1v) is 10.9. The van der Waals surface area contributed by atoms with Gasteiger partial charge in [0.05, 0.1) is 0 Å². The third-order valence-electron chi connectivity index (χ3n) is 5.45. The molecule has 32 heavy (non-hydrogen) atoms. The first-order valence-electron chi connectivity index (χ1n) is 10.9. The number of carboxylic acid groups (broad SMARTS) is 1. The summed E-state index contributed by atoms with van der Waals surface area (Å²) in [7, 11) is 0. The number of benzene rings is 2. The van der Waals surface area contributed by atoms with E-state index in [9.17, 15) is 14.7 Å². The summed E-state index contributed by atoms with van der Waals surface area (Å²) in [6.45, 7) is 5.59. The zero-order valence-electron chi connectivity index (χ0n) is 18.6. The Morgan fingerprint density at radius 1 is 1.03 bits per heavy atom. The monoisotopic (exact) mass is 435 g/mol. The van der Waals surface area contributed by atoms with E-state index in [-0.39, 0.29) is 18.2 Å². The fourth-order valence-corrected chi connectivity index (χ4v) is 3.86. The highest BCUT2D eigenvalue weighted by Gasteiger charge is 2.39. The summed E-state index contributed by atoms with van der Waals surface area (Å²) < 4.78 is 0. The summed E-state index contributed by atoms with van der Waals surface area (Å²) in [6.07, 6.45) is 1.76. The summed E-state index contributed by atoms with van der Waals surface area (Å²) in [5.41, 5.74) is 2.82. The molecule has 8 heteroatoms. The van der Waals surface area contributed by atoms with Crippen LogP contribution in [-0.4, -0.2) is 48.5 Å². The molecule has 2 aromatic carbocycles. The number of unbranched alkanes of at least 4 members (excludes halogenated alkanes) is 1. The van der Waals surface area contributed by atoms with Crippen molar-refractivity contribution >= 4 is 11.9 Å². The van der Waals surface area contributed by atoms with Crippen LogP contribution in [0.5, 0.6) is 0 Å². The topological polar surface area (TPSA) is 112 Å². The number of aromatic amines is 1. The van der Waals surface area contributed by atoms with E-state index in [4.69, 9.17) is 0 Å². The highest BCUT2D eigenvalue weighted by atomic mass is 16.4. The molecule has 0 saturated heterocycles. The Morgan fingerprint density at radius 2 is 1.69 bits per heavy atom. The number of nitrogens with zero attached hydrogens (tertiary/aromatic N) is 4. The molecule has 0 aliphatic carbocycles. The summed E-state index contributed by atoms with van der Waals surface area (Å²) in [6, 6.07) is 15.9. The normalized spacial score (nSPS) is 13.0. The molecule has 0 aliphatic heterocycles. The van der Waals surface area contributed by atoms with E-state index in [2.05, 4.69) is 20.6 Å². The second-order valence-electron chi connectivity index (χ2n) is 8.11. The van der Waals surface area contributed by atoms with Crippen LogP contribution in [0.1, 0.15) is 57.5 Å². The number of carbonyl (C=O) groups excluding carboxylic acids is 1. The lowest BCUT2D eigenvalue weighted by atomic mass is 9.94. The quantitative estimate of drug-likeness (QED) is 0.496. The first-order chi connectivity index (χ1) is 15.4. The van der Waals surface area contributed by atoms with Crippen molar-refractivity contribution < 1.29 is 14.7 Å². The molecule has 0 aliphatic rings. The largest absolute Gasteiger partial charge is 0.480 e. The number of tetrazole rings is 1. The van der Waals surface area contributed by atoms with Gasteiger partial charge in [-0.3, -0.25) is 4.79 Å². The maximum absolute atomic E-state index is 13.3. The number of H-pyrrole nitrogens is 1. The van der Waals surface area contributed by atoms with Gasteiger partial charge in [-0.05, 0) is 39.5 Å². The lowest BCUT2D eigenvalue weighted by Gasteiger charge is -2.37. The Labute approximate surface area is 187 Å². The fraction of sp³-hybridized carbons (Fsp3) is 0.375. The van der Waals surface area contributed by atoms with Crippen molar-refractivity contribution in [3.63, 3.8) is 0 Å². The minimum atomic E-state index is -1.05. The molecule has 168 valence electrons. The molecular formula is C24H29N5O3. The third kappa shape index (κ3) is 5.19. The average Bonchev–Trinajstić information content (AvgIpc) is 3.32. The summed E-state index contributed by atoms with van der Waals surface area (Å²) in [5, 5.41) is 24.2. The van der Waals surface area contributed by atoms with Crippen LogP contribution in [0.15, 0.2) is 54.6 Å². The highest BCUT2D eigenvalue weighted by molar-refractivity contribution is 5.84. The van der Waals surface area contributed by atoms with Gasteiger partial charge in [0.2, 0.25) is 5.91 Å². The van der Waals surface area contributed by atoms with Gasteiger partial charge in [0.25, 0.3) is 0 Å². The number of hydrogen-bond acceptors (Lipinski definition) is 5. The van der Waals surface area contributed by atoms with Crippen molar-refractivity contribution in [2.24, 2.45) is 5.92 Å². The third-order valence-corrected chi connectivity index (χ3v) is 5.45. The van der Waals surface area contributed by atoms with Crippen molar-refractivity contribution in [3.05, 3.63) is 66.0 Å². The van der Waals surface area contributed by atoms with Gasteiger partial charge in [-0.2, -0.15) is 0 Å². The van der Waals surface area contributed by atoms with Crippen LogP contribution in [0.25, 0.3) is 11.1 Å². The maximum Gasteiger partial charge on any atom is 0.326 e. The minimum Gasteiger partial charge on any atom is -0.480 e. The van der Waals surface area contributed by atoms with Crippen molar-refractivity contribution in [1.82, 2.24) is 25.5 Å². The van der Waals surface area contributed by atoms with Gasteiger partial charge < -0.3 is 10.0 Å². The molecule has 3 aromatic rings. The molecule has 1 heterocycles. The van der Waals surface area contributed by atoms with E-state index in [0.29, 0.717) is 12.2 Å². The molecule has 0 spiro atoms. The van der Waals surface area contributed by atoms with Gasteiger partial charge >= 0.3 is 5.97 Å². The van der Waals surface area contributed by atoms with Crippen molar-refractivity contribution in [3.8, 4) is 11.1 Å². The number of nitrogens with one attached hydrogen (secondary N) is 1. The second-order valence-corrected chi connectivity index (χ2v) is 8.11. The SMILES string of the molecule is CCCCC(=O)N(C(c1ccc(-c2ccccc2)cc1)c1nnn[nH]1)[C@H](C(=O)O)C(C)C. The fourth-order valence-electron chi connectivity index (χ4n) is 3.86. The number of carboxylic acids is 1. The van der Waals surface area contributed by atoms with Gasteiger partial charge in [0.1, 0.15) is 12.1 Å². The van der Waals surface area contributed by atoms with Gasteiger partial charge in [0, 0.05) is 6.42 Å². The average molecular weight is 436 g/mol. The first kappa shape index (κ1) is 23.1. The van der Waals surface area contributed by atoms with Crippen molar-refractivity contribution in [1.29, 1.82) is 0 Å². The molecule has 1 unspecified atom stereocenters. The number of hydrogen-bond donors (Lipinski definition) is 2. The Kier molecular flexibility index (Phi) is 7.70. The molecular weight excluding hydrogens is 406 g/mol. The smallest absolute Gasteiger partial charge is 0.326 e. The molecule has 2 N–H and O–H groups in total. The van der Waals surface area contributed by atoms with Gasteiger partial charge in [-0.15, -0.1) is 5.10 Å². The maximum atomic E-state index is 13.3. The number of aromatic nitrogens is 4. The van der Waals surface area contributed by atoms with Crippen LogP contribution in [0, 0.1) is 5.92 Å². The van der Waals surface area contributed by atoms with E-state index in [0.717, 1.165) is 23.1 Å². The summed E-state index contributed by atoms with van der Waals surface area (Å²) in [4.78, 5) is 27.0. The predicted octanol–water partition coefficient (Wildman–Crippen LogP) is 4.08. The van der Waals surface area contributed by atoms with E-state index >= 15 is 0 Å². The Hall–Kier alpha value is -3.55. The Morgan fingerprint density at radius 3 is 2.22 bits per heavy atom. The van der Waals surface area contributed by atoms with E-state index in [1.807, 2.05) is 61.5 Å². The molecule has 0 saturated carbocycles. The van der Waals surface area contributed by atoms with E-state index < -0.39 is 18.1 Å². The summed E-state index contributed by atoms with van der Waals surface area (Å²) in [5.74, 6) is -1.26. The molecule has 0 fully saturated rings. The van der Waals surface area contributed by atoms with Crippen LogP contribution in [0.2, 0.25) is 0 Å². The molecule has 2 atom stereocenters. The molecule has 1 amide bonds. The minimum absolute atomic E-state index is 0.235. The van der Waals surface area contributed by atoms with Crippen molar-refractivity contribution in [2.45, 2.75) is 52.1 Å². The Balaban J connectivity index is 2.09. The molecule has 0 radical (unpaired) electrons. The van der Waals surface area contributed by atoms with Crippen LogP contribution in [0.3, 0.4) is 0 Å². The zero-order chi connectivity index (χ0) is 23.1. The molecule has 1 aromatic heterocycles. The molecule has 0 bridgehead atoms. The van der Waals surface area contributed by atoms with Gasteiger partial charge in [-0.25, -0.2) is 9.89 Å². The van der Waals surface area contributed by atoms with Crippen LogP contribution in [0.4, 0.5) is 0 Å². The predicted molar refractivity (Wildman–Crippen MR) is 121 cm³/mol. The number of rotatable bonds is 10. The highest BCUT2D eigenvalue weighted by Crippen LogP contribution is 2.32. The lowest BCUT2D eigenvalue weighted by molar-refractivity contribution is -0.154. The summed E-state index contributed by atoms with van der Waals surface area (Å²) >= 11 is 0. The second kappa shape index (κ2) is 10.7. The van der Waals surface area contributed by atoms with E-state index in [1.54, 1.807) is 13.8 Å². The van der Waals surface area contributed by atoms with Crippen LogP contribution < -0.4 is 0 Å².